The number of aliphatic hydroxyl groups excluding tert-OH is 1. The number of hydrogen-bond donors (Lipinski definition) is 1. The molecule has 1 aromatic rings. The summed E-state index contributed by atoms with van der Waals surface area (Å²) >= 11 is 1.67. The summed E-state index contributed by atoms with van der Waals surface area (Å²) in [4.78, 5) is 4.59. The van der Waals surface area contributed by atoms with E-state index in [0.29, 0.717) is 5.92 Å². The number of aliphatic hydroxyl groups is 1. The number of hydrogen-bond acceptors (Lipinski definition) is 3. The van der Waals surface area contributed by atoms with Gasteiger partial charge >= 0.3 is 0 Å². The van der Waals surface area contributed by atoms with Crippen LogP contribution in [0, 0.1) is 5.92 Å². The van der Waals surface area contributed by atoms with E-state index in [1.165, 1.54) is 12.8 Å². The van der Waals surface area contributed by atoms with Gasteiger partial charge < -0.3 is 5.11 Å². The molecule has 0 bridgehead atoms. The van der Waals surface area contributed by atoms with Crippen LogP contribution in [0.5, 0.6) is 0 Å². The minimum Gasteiger partial charge on any atom is -0.386 e. The molecule has 0 aliphatic heterocycles. The highest BCUT2D eigenvalue weighted by Gasteiger charge is 2.27. The van der Waals surface area contributed by atoms with Gasteiger partial charge in [0.25, 0.3) is 0 Å². The van der Waals surface area contributed by atoms with Crippen LogP contribution in [0.1, 0.15) is 63.3 Å². The van der Waals surface area contributed by atoms with Crippen LogP contribution >= 0.6 is 11.3 Å². The van der Waals surface area contributed by atoms with E-state index in [1.807, 2.05) is 5.38 Å². The summed E-state index contributed by atoms with van der Waals surface area (Å²) in [6.45, 7) is 6.49. The van der Waals surface area contributed by atoms with Gasteiger partial charge in [0, 0.05) is 10.8 Å². The Morgan fingerprint density at radius 2 is 2.00 bits per heavy atom. The third kappa shape index (κ3) is 2.46. The molecule has 0 radical (unpaired) electrons. The molecular formula is C13H21NOS. The molecule has 3 heteroatoms. The quantitative estimate of drug-likeness (QED) is 0.854. The van der Waals surface area contributed by atoms with E-state index >= 15 is 0 Å². The molecule has 1 atom stereocenters. The summed E-state index contributed by atoms with van der Waals surface area (Å²) < 4.78 is 0. The molecule has 1 unspecified atom stereocenters. The first-order valence-corrected chi connectivity index (χ1v) is 7.00. The van der Waals surface area contributed by atoms with Gasteiger partial charge in [0.15, 0.2) is 0 Å². The number of rotatable bonds is 2. The van der Waals surface area contributed by atoms with Gasteiger partial charge in [-0.3, -0.25) is 0 Å². The second kappa shape index (κ2) is 4.46. The Labute approximate surface area is 102 Å². The molecule has 0 saturated heterocycles. The lowest BCUT2D eigenvalue weighted by Crippen LogP contribution is -2.13. The van der Waals surface area contributed by atoms with Crippen molar-refractivity contribution in [2.45, 2.75) is 58.0 Å². The Bertz CT molecular complexity index is 347. The molecule has 1 fully saturated rings. The summed E-state index contributed by atoms with van der Waals surface area (Å²) in [5.74, 6) is 0.440. The highest BCUT2D eigenvalue weighted by atomic mass is 32.1. The van der Waals surface area contributed by atoms with Crippen LogP contribution in [0.2, 0.25) is 0 Å². The van der Waals surface area contributed by atoms with Crippen molar-refractivity contribution in [3.63, 3.8) is 0 Å². The predicted octanol–water partition coefficient (Wildman–Crippen LogP) is 3.66. The van der Waals surface area contributed by atoms with Crippen molar-refractivity contribution in [3.05, 3.63) is 16.1 Å². The molecule has 16 heavy (non-hydrogen) atoms. The maximum atomic E-state index is 10.2. The lowest BCUT2D eigenvalue weighted by Gasteiger charge is -2.16. The summed E-state index contributed by atoms with van der Waals surface area (Å²) in [6, 6.07) is 0. The van der Waals surface area contributed by atoms with E-state index in [4.69, 9.17) is 0 Å². The van der Waals surface area contributed by atoms with E-state index in [1.54, 1.807) is 11.3 Å². The van der Waals surface area contributed by atoms with E-state index in [0.717, 1.165) is 23.5 Å². The lowest BCUT2D eigenvalue weighted by atomic mass is 9.97. The van der Waals surface area contributed by atoms with Crippen molar-refractivity contribution in [3.8, 4) is 0 Å². The highest BCUT2D eigenvalue weighted by molar-refractivity contribution is 7.09. The average molecular weight is 239 g/mol. The van der Waals surface area contributed by atoms with Crippen molar-refractivity contribution in [2.24, 2.45) is 5.92 Å². The summed E-state index contributed by atoms with van der Waals surface area (Å²) in [6.07, 6.45) is 4.50. The van der Waals surface area contributed by atoms with Crippen LogP contribution in [-0.2, 0) is 5.41 Å². The zero-order valence-electron chi connectivity index (χ0n) is 10.4. The van der Waals surface area contributed by atoms with Crippen LogP contribution in [0.4, 0.5) is 0 Å². The monoisotopic (exact) mass is 239 g/mol. The summed E-state index contributed by atoms with van der Waals surface area (Å²) in [5.41, 5.74) is 0.986. The molecule has 1 aliphatic carbocycles. The normalized spacial score (nSPS) is 20.2. The zero-order chi connectivity index (χ0) is 11.8. The number of thiazole rings is 1. The first-order chi connectivity index (χ1) is 7.48. The molecule has 1 N–H and O–H groups in total. The molecule has 2 nitrogen and oxygen atoms in total. The number of nitrogens with zero attached hydrogens (tertiary/aromatic N) is 1. The maximum Gasteiger partial charge on any atom is 0.0996 e. The van der Waals surface area contributed by atoms with E-state index in [2.05, 4.69) is 25.8 Å². The smallest absolute Gasteiger partial charge is 0.0996 e. The molecule has 1 aromatic heterocycles. The Kier molecular flexibility index (Phi) is 3.36. The fourth-order valence-electron chi connectivity index (χ4n) is 2.28. The number of aromatic nitrogens is 1. The van der Waals surface area contributed by atoms with Crippen LogP contribution in [0.15, 0.2) is 5.38 Å². The first-order valence-electron chi connectivity index (χ1n) is 6.12. The fraction of sp³-hybridized carbons (Fsp3) is 0.769. The lowest BCUT2D eigenvalue weighted by molar-refractivity contribution is 0.108. The van der Waals surface area contributed by atoms with Crippen LogP contribution < -0.4 is 0 Å². The molecule has 1 heterocycles. The topological polar surface area (TPSA) is 33.1 Å². The van der Waals surface area contributed by atoms with E-state index < -0.39 is 0 Å². The van der Waals surface area contributed by atoms with E-state index in [-0.39, 0.29) is 11.5 Å². The van der Waals surface area contributed by atoms with Crippen LogP contribution in [-0.4, -0.2) is 10.1 Å². The zero-order valence-corrected chi connectivity index (χ0v) is 11.2. The first kappa shape index (κ1) is 12.1. The van der Waals surface area contributed by atoms with Crippen LogP contribution in [0.3, 0.4) is 0 Å². The fourth-order valence-corrected chi connectivity index (χ4v) is 3.22. The largest absolute Gasteiger partial charge is 0.386 e. The van der Waals surface area contributed by atoms with Gasteiger partial charge in [0.2, 0.25) is 0 Å². The highest BCUT2D eigenvalue weighted by Crippen LogP contribution is 2.37. The Hall–Kier alpha value is -0.410. The van der Waals surface area contributed by atoms with Gasteiger partial charge in [-0.05, 0) is 18.8 Å². The van der Waals surface area contributed by atoms with Crippen molar-refractivity contribution in [1.29, 1.82) is 0 Å². The average Bonchev–Trinajstić information content (AvgIpc) is 2.87. The minimum absolute atomic E-state index is 0.0955. The molecular weight excluding hydrogens is 218 g/mol. The van der Waals surface area contributed by atoms with E-state index in [9.17, 15) is 5.11 Å². The molecule has 1 saturated carbocycles. The molecule has 1 aliphatic rings. The molecule has 90 valence electrons. The maximum absolute atomic E-state index is 10.2. The SMILES string of the molecule is CC(C)(C)c1nc(C(O)C2CCCC2)cs1. The predicted molar refractivity (Wildman–Crippen MR) is 67.7 cm³/mol. The van der Waals surface area contributed by atoms with Crippen molar-refractivity contribution >= 4 is 11.3 Å². The molecule has 0 spiro atoms. The Balaban J connectivity index is 2.12. The van der Waals surface area contributed by atoms with Gasteiger partial charge in [-0.15, -0.1) is 11.3 Å². The Morgan fingerprint density at radius 3 is 2.50 bits per heavy atom. The van der Waals surface area contributed by atoms with Crippen LogP contribution in [0.25, 0.3) is 0 Å². The van der Waals surface area contributed by atoms with Crippen molar-refractivity contribution in [1.82, 2.24) is 4.98 Å². The standard InChI is InChI=1S/C13H21NOS/c1-13(2,3)12-14-10(8-16-12)11(15)9-6-4-5-7-9/h8-9,11,15H,4-7H2,1-3H3. The third-order valence-corrected chi connectivity index (χ3v) is 4.60. The minimum atomic E-state index is -0.338. The Morgan fingerprint density at radius 1 is 1.38 bits per heavy atom. The second-order valence-corrected chi connectivity index (χ2v) is 6.68. The molecule has 0 aromatic carbocycles. The molecule has 2 rings (SSSR count). The van der Waals surface area contributed by atoms with Crippen molar-refractivity contribution < 1.29 is 5.11 Å². The van der Waals surface area contributed by atoms with Crippen molar-refractivity contribution in [2.75, 3.05) is 0 Å². The summed E-state index contributed by atoms with van der Waals surface area (Å²) in [7, 11) is 0. The summed E-state index contributed by atoms with van der Waals surface area (Å²) in [5, 5.41) is 13.4. The molecule has 0 amide bonds. The van der Waals surface area contributed by atoms with Gasteiger partial charge in [0.1, 0.15) is 0 Å². The van der Waals surface area contributed by atoms with Gasteiger partial charge in [0.05, 0.1) is 16.8 Å². The van der Waals surface area contributed by atoms with Gasteiger partial charge in [-0.25, -0.2) is 4.98 Å². The van der Waals surface area contributed by atoms with Gasteiger partial charge in [-0.2, -0.15) is 0 Å². The third-order valence-electron chi connectivity index (χ3n) is 3.31. The second-order valence-electron chi connectivity index (χ2n) is 5.82. The van der Waals surface area contributed by atoms with Gasteiger partial charge in [-0.1, -0.05) is 33.6 Å².